The van der Waals surface area contributed by atoms with Crippen LogP contribution in [0.5, 0.6) is 0 Å². The molecule has 3 rings (SSSR count). The summed E-state index contributed by atoms with van der Waals surface area (Å²) in [6, 6.07) is 18.6. The third kappa shape index (κ3) is 2.90. The van der Waals surface area contributed by atoms with E-state index in [0.717, 1.165) is 0 Å². The Kier molecular flexibility index (Phi) is 3.88. The maximum absolute atomic E-state index is 6.11. The zero-order chi connectivity index (χ0) is 14.7. The van der Waals surface area contributed by atoms with Gasteiger partial charge in [-0.15, -0.1) is 0 Å². The van der Waals surface area contributed by atoms with Crippen molar-refractivity contribution < 1.29 is 9.31 Å². The lowest BCUT2D eigenvalue weighted by atomic mass is 9.96. The molecule has 21 heavy (non-hydrogen) atoms. The Labute approximate surface area is 124 Å². The SMILES string of the molecule is NC(N)=[N+]1CCOC(c2ccccc2)c2ccccc2C1. The first-order valence-corrected chi connectivity index (χ1v) is 7.13. The summed E-state index contributed by atoms with van der Waals surface area (Å²) < 4.78 is 8.05. The second-order valence-corrected chi connectivity index (χ2v) is 5.21. The second-order valence-electron chi connectivity index (χ2n) is 5.21. The summed E-state index contributed by atoms with van der Waals surface area (Å²) >= 11 is 0. The van der Waals surface area contributed by atoms with Gasteiger partial charge in [-0.2, -0.15) is 0 Å². The van der Waals surface area contributed by atoms with Crippen molar-refractivity contribution in [1.29, 1.82) is 0 Å². The molecular formula is C17H20N3O+. The minimum atomic E-state index is -0.0384. The van der Waals surface area contributed by atoms with E-state index in [0.29, 0.717) is 25.7 Å². The van der Waals surface area contributed by atoms with Gasteiger partial charge in [0, 0.05) is 0 Å². The highest BCUT2D eigenvalue weighted by Gasteiger charge is 2.22. The van der Waals surface area contributed by atoms with Crippen molar-refractivity contribution in [2.24, 2.45) is 11.5 Å². The van der Waals surface area contributed by atoms with Crippen molar-refractivity contribution >= 4 is 5.96 Å². The van der Waals surface area contributed by atoms with Crippen molar-refractivity contribution in [3.8, 4) is 0 Å². The van der Waals surface area contributed by atoms with E-state index in [1.165, 1.54) is 16.7 Å². The van der Waals surface area contributed by atoms with Gasteiger partial charge in [0.05, 0.1) is 19.7 Å². The lowest BCUT2D eigenvalue weighted by molar-refractivity contribution is -0.550. The molecule has 0 aromatic heterocycles. The molecule has 0 amide bonds. The molecule has 0 radical (unpaired) electrons. The van der Waals surface area contributed by atoms with Crippen LogP contribution in [-0.4, -0.2) is 23.7 Å². The van der Waals surface area contributed by atoms with Crippen LogP contribution in [0, 0.1) is 0 Å². The molecule has 1 aliphatic rings. The normalized spacial score (nSPS) is 18.5. The number of hydrogen-bond acceptors (Lipinski definition) is 1. The predicted molar refractivity (Wildman–Crippen MR) is 82.9 cm³/mol. The number of nitrogens with two attached hydrogens (primary N) is 2. The summed E-state index contributed by atoms with van der Waals surface area (Å²) in [4.78, 5) is 0. The first kappa shape index (κ1) is 13.6. The lowest BCUT2D eigenvalue weighted by Crippen LogP contribution is -2.38. The van der Waals surface area contributed by atoms with Crippen molar-refractivity contribution in [3.63, 3.8) is 0 Å². The van der Waals surface area contributed by atoms with Gasteiger partial charge in [0.1, 0.15) is 6.10 Å². The van der Waals surface area contributed by atoms with Gasteiger partial charge in [-0.3, -0.25) is 16.0 Å². The molecule has 1 aliphatic heterocycles. The molecule has 0 aliphatic carbocycles. The summed E-state index contributed by atoms with van der Waals surface area (Å²) in [7, 11) is 0. The number of guanidine groups is 1. The average molecular weight is 282 g/mol. The van der Waals surface area contributed by atoms with Crippen LogP contribution in [0.2, 0.25) is 0 Å². The molecule has 0 saturated heterocycles. The Morgan fingerprint density at radius 1 is 1.00 bits per heavy atom. The van der Waals surface area contributed by atoms with Crippen molar-refractivity contribution in [1.82, 2.24) is 0 Å². The van der Waals surface area contributed by atoms with Gasteiger partial charge in [-0.05, 0) is 16.7 Å². The van der Waals surface area contributed by atoms with E-state index in [1.54, 1.807) is 0 Å². The molecule has 0 fully saturated rings. The van der Waals surface area contributed by atoms with Crippen molar-refractivity contribution in [2.45, 2.75) is 12.6 Å². The number of hydrogen-bond donors (Lipinski definition) is 2. The number of benzene rings is 2. The van der Waals surface area contributed by atoms with Gasteiger partial charge in [-0.25, -0.2) is 0 Å². The van der Waals surface area contributed by atoms with Gasteiger partial charge in [-0.1, -0.05) is 54.6 Å². The van der Waals surface area contributed by atoms with Crippen LogP contribution in [0.4, 0.5) is 0 Å². The molecule has 4 heteroatoms. The Hall–Kier alpha value is -2.33. The van der Waals surface area contributed by atoms with Crippen LogP contribution in [0.3, 0.4) is 0 Å². The summed E-state index contributed by atoms with van der Waals surface area (Å²) in [5.41, 5.74) is 15.0. The highest BCUT2D eigenvalue weighted by atomic mass is 16.5. The van der Waals surface area contributed by atoms with Crippen molar-refractivity contribution in [2.75, 3.05) is 13.2 Å². The van der Waals surface area contributed by atoms with Crippen LogP contribution >= 0.6 is 0 Å². The van der Waals surface area contributed by atoms with Crippen LogP contribution in [-0.2, 0) is 11.3 Å². The summed E-state index contributed by atoms with van der Waals surface area (Å²) in [5, 5.41) is 0. The number of nitrogens with zero attached hydrogens (tertiary/aromatic N) is 1. The molecule has 4 N–H and O–H groups in total. The maximum Gasteiger partial charge on any atom is 0.341 e. The summed E-state index contributed by atoms with van der Waals surface area (Å²) in [6.07, 6.45) is -0.0384. The van der Waals surface area contributed by atoms with Crippen LogP contribution in [0.1, 0.15) is 22.8 Å². The monoisotopic (exact) mass is 282 g/mol. The first-order valence-electron chi connectivity index (χ1n) is 7.13. The minimum absolute atomic E-state index is 0.0384. The molecule has 2 aromatic carbocycles. The third-order valence-electron chi connectivity index (χ3n) is 3.81. The van der Waals surface area contributed by atoms with Crippen LogP contribution in [0.25, 0.3) is 0 Å². The van der Waals surface area contributed by atoms with E-state index in [4.69, 9.17) is 16.2 Å². The fourth-order valence-corrected chi connectivity index (χ4v) is 2.71. The second kappa shape index (κ2) is 5.97. The molecule has 0 saturated carbocycles. The third-order valence-corrected chi connectivity index (χ3v) is 3.81. The largest absolute Gasteiger partial charge is 0.365 e. The molecule has 2 aromatic rings. The molecule has 1 heterocycles. The average Bonchev–Trinajstić information content (AvgIpc) is 2.49. The standard InChI is InChI=1S/C17H19N3O/c18-17(19)20-10-11-21-16(13-6-2-1-3-7-13)15-9-5-4-8-14(15)12-20/h1-9,16H,10-12H2,(H3,18,19)/p+1. The van der Waals surface area contributed by atoms with Gasteiger partial charge < -0.3 is 4.74 Å². The minimum Gasteiger partial charge on any atom is -0.365 e. The van der Waals surface area contributed by atoms with Gasteiger partial charge in [0.2, 0.25) is 0 Å². The quantitative estimate of drug-likeness (QED) is 0.617. The van der Waals surface area contributed by atoms with Crippen molar-refractivity contribution in [3.05, 3.63) is 71.3 Å². The maximum atomic E-state index is 6.11. The Morgan fingerprint density at radius 2 is 1.71 bits per heavy atom. The summed E-state index contributed by atoms with van der Waals surface area (Å²) in [6.45, 7) is 2.00. The Morgan fingerprint density at radius 3 is 2.48 bits per heavy atom. The van der Waals surface area contributed by atoms with Crippen LogP contribution in [0.15, 0.2) is 54.6 Å². The Bertz CT molecular complexity index is 648. The van der Waals surface area contributed by atoms with Crippen LogP contribution < -0.4 is 11.5 Å². The molecular weight excluding hydrogens is 262 g/mol. The smallest absolute Gasteiger partial charge is 0.341 e. The van der Waals surface area contributed by atoms with E-state index in [2.05, 4.69) is 24.3 Å². The van der Waals surface area contributed by atoms with Gasteiger partial charge >= 0.3 is 5.96 Å². The Balaban J connectivity index is 2.05. The van der Waals surface area contributed by atoms with E-state index in [1.807, 2.05) is 34.9 Å². The van der Waals surface area contributed by atoms with E-state index in [-0.39, 0.29) is 6.10 Å². The molecule has 4 nitrogen and oxygen atoms in total. The number of fused-ring (bicyclic) bond motifs is 1. The molecule has 0 bridgehead atoms. The van der Waals surface area contributed by atoms with E-state index < -0.39 is 0 Å². The molecule has 108 valence electrons. The number of ether oxygens (including phenoxy) is 1. The van der Waals surface area contributed by atoms with Gasteiger partial charge in [0.25, 0.3) is 0 Å². The number of rotatable bonds is 1. The fourth-order valence-electron chi connectivity index (χ4n) is 2.71. The summed E-state index contributed by atoms with van der Waals surface area (Å²) in [5.74, 6) is 0.339. The topological polar surface area (TPSA) is 64.3 Å². The van der Waals surface area contributed by atoms with E-state index >= 15 is 0 Å². The predicted octanol–water partition coefficient (Wildman–Crippen LogP) is 1.59. The highest BCUT2D eigenvalue weighted by molar-refractivity contribution is 5.70. The molecule has 1 unspecified atom stereocenters. The van der Waals surface area contributed by atoms with E-state index in [9.17, 15) is 0 Å². The fraction of sp³-hybridized carbons (Fsp3) is 0.235. The molecule has 0 spiro atoms. The molecule has 1 atom stereocenters. The lowest BCUT2D eigenvalue weighted by Gasteiger charge is -2.25. The highest BCUT2D eigenvalue weighted by Crippen LogP contribution is 2.30. The zero-order valence-electron chi connectivity index (χ0n) is 11.9. The van der Waals surface area contributed by atoms with Gasteiger partial charge in [0.15, 0.2) is 0 Å². The zero-order valence-corrected chi connectivity index (χ0v) is 11.9. The first-order chi connectivity index (χ1) is 10.3.